The Bertz CT molecular complexity index is 2170. The lowest BCUT2D eigenvalue weighted by Gasteiger charge is -2.40. The van der Waals surface area contributed by atoms with E-state index < -0.39 is 11.2 Å². The lowest BCUT2D eigenvalue weighted by atomic mass is 9.80. The van der Waals surface area contributed by atoms with E-state index in [0.717, 1.165) is 79.8 Å². The van der Waals surface area contributed by atoms with Gasteiger partial charge in [0, 0.05) is 103 Å². The maximum absolute atomic E-state index is 14.5. The largest absolute Gasteiger partial charge is 0.456 e. The van der Waals surface area contributed by atoms with Crippen LogP contribution in [0.4, 0.5) is 11.4 Å². The molecule has 1 spiro atoms. The van der Waals surface area contributed by atoms with E-state index in [1.165, 1.54) is 11.9 Å². The van der Waals surface area contributed by atoms with Crippen LogP contribution in [0.25, 0.3) is 16.7 Å². The molecule has 0 fully saturated rings. The number of nitrogens with one attached hydrogen (secondary N) is 1. The van der Waals surface area contributed by atoms with Gasteiger partial charge in [0.05, 0.1) is 19.8 Å². The number of hydrogen-bond acceptors (Lipinski definition) is 10. The van der Waals surface area contributed by atoms with Crippen LogP contribution in [-0.4, -0.2) is 86.9 Å². The van der Waals surface area contributed by atoms with Crippen molar-refractivity contribution in [2.24, 2.45) is 0 Å². The van der Waals surface area contributed by atoms with Crippen LogP contribution in [0.3, 0.4) is 0 Å². The van der Waals surface area contributed by atoms with Gasteiger partial charge in [-0.05, 0) is 95.3 Å². The number of carbonyl (C=O) groups is 2. The van der Waals surface area contributed by atoms with Gasteiger partial charge in [0.25, 0.3) is 5.91 Å². The molecule has 3 aromatic carbocycles. The van der Waals surface area contributed by atoms with Crippen LogP contribution in [0, 0.1) is 0 Å². The molecule has 0 bridgehead atoms. The molecular weight excluding hydrogens is 800 g/mol. The third-order valence-corrected chi connectivity index (χ3v) is 12.6. The smallest absolute Gasteiger partial charge is 0.347 e. The molecule has 2 aliphatic rings. The maximum atomic E-state index is 14.5. The summed E-state index contributed by atoms with van der Waals surface area (Å²) < 4.78 is 25.8. The molecule has 0 radical (unpaired) electrons. The molecule has 13 heteroatoms. The van der Waals surface area contributed by atoms with E-state index in [4.69, 9.17) is 30.2 Å². The van der Waals surface area contributed by atoms with Gasteiger partial charge in [0.1, 0.15) is 28.2 Å². The van der Waals surface area contributed by atoms with Gasteiger partial charge >= 0.3 is 5.63 Å². The summed E-state index contributed by atoms with van der Waals surface area (Å²) in [5, 5.41) is 3.70. The first-order chi connectivity index (χ1) is 29.3. The van der Waals surface area contributed by atoms with E-state index in [-0.39, 0.29) is 17.4 Å². The second-order valence-corrected chi connectivity index (χ2v) is 16.2. The topological polar surface area (TPSA) is 114 Å². The van der Waals surface area contributed by atoms with Crippen molar-refractivity contribution in [3.8, 4) is 5.75 Å². The highest BCUT2D eigenvalue weighted by Crippen LogP contribution is 2.55. The SMILES string of the molecule is CCN(CC)c1ccc2c(c1)OC(c1cc3ccc(N(CC)CC)cc3oc1=O)=CC21c2ccccc2C(=O)N1SCCCC(=O)NCCOCCOCCCCCCCl. The molecule has 2 aliphatic heterocycles. The Morgan fingerprint density at radius 1 is 0.783 bits per heavy atom. The van der Waals surface area contributed by atoms with Crippen LogP contribution in [0.1, 0.15) is 93.3 Å². The van der Waals surface area contributed by atoms with Gasteiger partial charge in [-0.3, -0.25) is 13.9 Å². The number of benzene rings is 3. The summed E-state index contributed by atoms with van der Waals surface area (Å²) in [5.74, 6) is 1.83. The van der Waals surface area contributed by atoms with E-state index in [9.17, 15) is 14.4 Å². The van der Waals surface area contributed by atoms with Crippen LogP contribution >= 0.6 is 23.5 Å². The molecule has 1 N–H and O–H groups in total. The quantitative estimate of drug-likeness (QED) is 0.0317. The number of nitrogens with zero attached hydrogens (tertiary/aromatic N) is 3. The van der Waals surface area contributed by atoms with Gasteiger partial charge in [-0.1, -0.05) is 37.1 Å². The van der Waals surface area contributed by atoms with Crippen LogP contribution in [0.2, 0.25) is 0 Å². The number of carbonyl (C=O) groups excluding carboxylic acids is 2. The predicted molar refractivity (Wildman–Crippen MR) is 244 cm³/mol. The van der Waals surface area contributed by atoms with Crippen LogP contribution in [0.15, 0.2) is 82.0 Å². The highest BCUT2D eigenvalue weighted by molar-refractivity contribution is 7.97. The third-order valence-electron chi connectivity index (χ3n) is 11.1. The molecule has 1 aromatic heterocycles. The molecule has 6 rings (SSSR count). The summed E-state index contributed by atoms with van der Waals surface area (Å²) in [6.45, 7) is 14.2. The average Bonchev–Trinajstić information content (AvgIpc) is 3.49. The molecule has 2 amide bonds. The monoisotopic (exact) mass is 858 g/mol. The Morgan fingerprint density at radius 3 is 2.23 bits per heavy atom. The number of fused-ring (bicyclic) bond motifs is 5. The van der Waals surface area contributed by atoms with Gasteiger partial charge in [-0.15, -0.1) is 11.6 Å². The molecule has 60 heavy (non-hydrogen) atoms. The van der Waals surface area contributed by atoms with Gasteiger partial charge in [-0.25, -0.2) is 4.79 Å². The highest BCUT2D eigenvalue weighted by atomic mass is 35.5. The van der Waals surface area contributed by atoms with Crippen molar-refractivity contribution >= 4 is 63.5 Å². The van der Waals surface area contributed by atoms with Crippen molar-refractivity contribution in [2.45, 2.75) is 71.8 Å². The fourth-order valence-corrected chi connectivity index (χ4v) is 9.26. The molecule has 0 saturated carbocycles. The normalized spacial score (nSPS) is 15.5. The fraction of sp³-hybridized carbons (Fsp3) is 0.468. The first-order valence-electron chi connectivity index (χ1n) is 21.5. The number of anilines is 2. The first-order valence-corrected chi connectivity index (χ1v) is 23.0. The van der Waals surface area contributed by atoms with E-state index >= 15 is 0 Å². The number of ether oxygens (including phenoxy) is 3. The summed E-state index contributed by atoms with van der Waals surface area (Å²) in [5.41, 5.74) is 3.19. The zero-order valence-electron chi connectivity index (χ0n) is 35.4. The van der Waals surface area contributed by atoms with Gasteiger partial charge < -0.3 is 33.7 Å². The van der Waals surface area contributed by atoms with Crippen molar-refractivity contribution < 1.29 is 28.2 Å². The van der Waals surface area contributed by atoms with Crippen molar-refractivity contribution in [2.75, 3.05) is 80.6 Å². The minimum absolute atomic E-state index is 0.0760. The van der Waals surface area contributed by atoms with Gasteiger partial charge in [0.15, 0.2) is 0 Å². The molecule has 1 unspecified atom stereocenters. The Balaban J connectivity index is 1.21. The highest BCUT2D eigenvalue weighted by Gasteiger charge is 2.53. The number of rotatable bonds is 24. The van der Waals surface area contributed by atoms with E-state index in [1.54, 1.807) is 4.31 Å². The van der Waals surface area contributed by atoms with Crippen molar-refractivity contribution in [1.29, 1.82) is 0 Å². The molecular formula is C47H59ClN4O7S. The van der Waals surface area contributed by atoms with Crippen molar-refractivity contribution in [3.05, 3.63) is 105 Å². The van der Waals surface area contributed by atoms with Gasteiger partial charge in [0.2, 0.25) is 5.91 Å². The lowest BCUT2D eigenvalue weighted by molar-refractivity contribution is -0.121. The van der Waals surface area contributed by atoms with Crippen LogP contribution < -0.4 is 25.5 Å². The number of amides is 2. The number of alkyl halides is 1. The lowest BCUT2D eigenvalue weighted by Crippen LogP contribution is -2.41. The zero-order valence-corrected chi connectivity index (χ0v) is 37.0. The Hall–Kier alpha value is -4.49. The second kappa shape index (κ2) is 21.9. The number of hydrogen-bond donors (Lipinski definition) is 1. The summed E-state index contributed by atoms with van der Waals surface area (Å²) in [4.78, 5) is 45.7. The number of unbranched alkanes of at least 4 members (excludes halogenated alkanes) is 3. The number of halogens is 1. The predicted octanol–water partition coefficient (Wildman–Crippen LogP) is 9.00. The minimum Gasteiger partial charge on any atom is -0.456 e. The summed E-state index contributed by atoms with van der Waals surface area (Å²) >= 11 is 7.10. The van der Waals surface area contributed by atoms with Gasteiger partial charge in [-0.2, -0.15) is 0 Å². The molecule has 1 atom stereocenters. The molecule has 3 heterocycles. The summed E-state index contributed by atoms with van der Waals surface area (Å²) in [7, 11) is 0. The third kappa shape index (κ3) is 10.2. The van der Waals surface area contributed by atoms with Crippen molar-refractivity contribution in [3.63, 3.8) is 0 Å². The fourth-order valence-electron chi connectivity index (χ4n) is 7.95. The second-order valence-electron chi connectivity index (χ2n) is 14.8. The maximum Gasteiger partial charge on any atom is 0.347 e. The molecule has 0 saturated heterocycles. The summed E-state index contributed by atoms with van der Waals surface area (Å²) in [6.07, 6.45) is 7.03. The molecule has 0 aliphatic carbocycles. The van der Waals surface area contributed by atoms with E-state index in [1.807, 2.05) is 66.7 Å². The molecule has 4 aromatic rings. The molecule has 11 nitrogen and oxygen atoms in total. The summed E-state index contributed by atoms with van der Waals surface area (Å²) in [6, 6.07) is 21.4. The van der Waals surface area contributed by atoms with Crippen molar-refractivity contribution in [1.82, 2.24) is 9.62 Å². The van der Waals surface area contributed by atoms with E-state index in [0.29, 0.717) is 80.1 Å². The Morgan fingerprint density at radius 2 is 1.48 bits per heavy atom. The zero-order chi connectivity index (χ0) is 42.5. The Kier molecular flexibility index (Phi) is 16.4. The van der Waals surface area contributed by atoms with E-state index in [2.05, 4.69) is 48.9 Å². The molecule has 322 valence electrons. The first kappa shape index (κ1) is 45.0. The standard InChI is InChI=1S/C47H59ClN4O7S/c1-5-50(6-2)35-20-19-34-30-38(46(55)59-41(34)31-35)43-33-47(40-22-21-36(32-42(40)58-43)51(7-3)8-4)39-17-12-11-16-37(39)45(54)52(47)60-29-15-18-44(53)49-24-26-57-28-27-56-25-14-10-9-13-23-48/h11-12,16-17,19-22,30-33H,5-10,13-15,18,23-29H2,1-4H3,(H,49,53). The average molecular weight is 860 g/mol. The van der Waals surface area contributed by atoms with Crippen LogP contribution in [-0.2, 0) is 19.8 Å². The van der Waals surface area contributed by atoms with Crippen LogP contribution in [0.5, 0.6) is 5.75 Å². The minimum atomic E-state index is -1.12. The Labute approximate surface area is 363 Å².